The third kappa shape index (κ3) is 4.08. The van der Waals surface area contributed by atoms with Crippen LogP contribution in [0.5, 0.6) is 5.75 Å². The Morgan fingerprint density at radius 3 is 2.62 bits per heavy atom. The Bertz CT molecular complexity index is 803. The number of nitrogens with zero attached hydrogens (tertiary/aromatic N) is 2. The van der Waals surface area contributed by atoms with Crippen LogP contribution in [0, 0.1) is 10.1 Å². The number of aromatic hydroxyl groups is 1. The van der Waals surface area contributed by atoms with Crippen LogP contribution in [0.2, 0.25) is 5.02 Å². The highest BCUT2D eigenvalue weighted by Gasteiger charge is 2.17. The van der Waals surface area contributed by atoms with Crippen molar-refractivity contribution in [1.82, 2.24) is 0 Å². The van der Waals surface area contributed by atoms with E-state index in [1.54, 1.807) is 31.2 Å². The Balaban J connectivity index is 2.25. The van der Waals surface area contributed by atoms with Crippen LogP contribution in [0.15, 0.2) is 41.4 Å². The lowest BCUT2D eigenvalue weighted by molar-refractivity contribution is -0.385. The summed E-state index contributed by atoms with van der Waals surface area (Å²) in [5.74, 6) is -0.951. The summed E-state index contributed by atoms with van der Waals surface area (Å²) < 4.78 is 4.87. The Hall–Kier alpha value is -2.93. The fourth-order valence-corrected chi connectivity index (χ4v) is 2.11. The second-order valence-corrected chi connectivity index (χ2v) is 5.08. The molecular formula is C16H13ClN2O5. The number of hydrogen-bond acceptors (Lipinski definition) is 6. The molecule has 0 saturated carbocycles. The van der Waals surface area contributed by atoms with E-state index in [4.69, 9.17) is 16.3 Å². The minimum Gasteiger partial charge on any atom is -0.502 e. The first-order chi connectivity index (χ1) is 11.4. The molecule has 0 atom stereocenters. The molecule has 1 N–H and O–H groups in total. The molecule has 0 heterocycles. The molecule has 0 aliphatic heterocycles. The second kappa shape index (κ2) is 7.56. The number of ether oxygens (including phenoxy) is 1. The highest BCUT2D eigenvalue weighted by atomic mass is 35.5. The second-order valence-electron chi connectivity index (χ2n) is 4.65. The molecule has 0 fully saturated rings. The van der Waals surface area contributed by atoms with E-state index in [1.807, 2.05) is 0 Å². The number of aliphatic imine (C=N–C) groups is 1. The maximum absolute atomic E-state index is 11.5. The van der Waals surface area contributed by atoms with Crippen LogP contribution >= 0.6 is 11.6 Å². The van der Waals surface area contributed by atoms with Crippen LogP contribution in [0.3, 0.4) is 0 Å². The van der Waals surface area contributed by atoms with Gasteiger partial charge in [0, 0.05) is 22.9 Å². The fraction of sp³-hybridized carbons (Fsp3) is 0.125. The van der Waals surface area contributed by atoms with E-state index in [9.17, 15) is 20.0 Å². The number of benzene rings is 2. The lowest BCUT2D eigenvalue weighted by Gasteiger charge is -2.03. The van der Waals surface area contributed by atoms with Crippen LogP contribution in [0.1, 0.15) is 22.8 Å². The maximum atomic E-state index is 11.5. The molecule has 7 nitrogen and oxygen atoms in total. The molecular weight excluding hydrogens is 336 g/mol. The van der Waals surface area contributed by atoms with Gasteiger partial charge in [-0.15, -0.1) is 0 Å². The van der Waals surface area contributed by atoms with Crippen LogP contribution in [0.25, 0.3) is 0 Å². The van der Waals surface area contributed by atoms with Gasteiger partial charge in [0.15, 0.2) is 0 Å². The molecule has 8 heteroatoms. The van der Waals surface area contributed by atoms with Crippen molar-refractivity contribution in [3.05, 3.63) is 62.7 Å². The maximum Gasteiger partial charge on any atom is 0.338 e. The van der Waals surface area contributed by atoms with Crippen molar-refractivity contribution in [3.63, 3.8) is 0 Å². The number of esters is 1. The highest BCUT2D eigenvalue weighted by molar-refractivity contribution is 6.31. The number of carbonyl (C=O) groups excluding carboxylic acids is 1. The van der Waals surface area contributed by atoms with Crippen molar-refractivity contribution in [3.8, 4) is 5.75 Å². The number of hydrogen-bond donors (Lipinski definition) is 1. The molecule has 0 aliphatic rings. The summed E-state index contributed by atoms with van der Waals surface area (Å²) in [5.41, 5.74) is 0.493. The molecule has 24 heavy (non-hydrogen) atoms. The number of nitro groups is 1. The van der Waals surface area contributed by atoms with Crippen molar-refractivity contribution in [2.24, 2.45) is 4.99 Å². The Morgan fingerprint density at radius 1 is 1.38 bits per heavy atom. The Kier molecular flexibility index (Phi) is 5.49. The highest BCUT2D eigenvalue weighted by Crippen LogP contribution is 2.32. The van der Waals surface area contributed by atoms with E-state index in [-0.39, 0.29) is 17.2 Å². The van der Waals surface area contributed by atoms with E-state index < -0.39 is 22.3 Å². The van der Waals surface area contributed by atoms with Gasteiger partial charge >= 0.3 is 11.7 Å². The first kappa shape index (κ1) is 17.4. The predicted octanol–water partition coefficient (Wildman–Crippen LogP) is 3.88. The summed E-state index contributed by atoms with van der Waals surface area (Å²) in [7, 11) is 0. The average molecular weight is 349 g/mol. The quantitative estimate of drug-likeness (QED) is 0.382. The van der Waals surface area contributed by atoms with Crippen molar-refractivity contribution in [1.29, 1.82) is 0 Å². The fourth-order valence-electron chi connectivity index (χ4n) is 1.89. The standard InChI is InChI=1S/C16H13ClN2O5/c1-2-24-16(21)10-3-5-13(6-4-10)18-9-11-7-12(17)8-14(15(11)20)19(22)23/h3-9,20H,2H2,1H3. The van der Waals surface area contributed by atoms with Gasteiger partial charge in [0.05, 0.1) is 22.8 Å². The zero-order valence-corrected chi connectivity index (χ0v) is 13.4. The van der Waals surface area contributed by atoms with Crippen molar-refractivity contribution in [2.45, 2.75) is 6.92 Å². The minimum atomic E-state index is -0.729. The zero-order chi connectivity index (χ0) is 17.7. The zero-order valence-electron chi connectivity index (χ0n) is 12.6. The Morgan fingerprint density at radius 2 is 2.04 bits per heavy atom. The van der Waals surface area contributed by atoms with Gasteiger partial charge < -0.3 is 9.84 Å². The third-order valence-electron chi connectivity index (χ3n) is 3.01. The molecule has 0 radical (unpaired) electrons. The monoisotopic (exact) mass is 348 g/mol. The lowest BCUT2D eigenvalue weighted by Crippen LogP contribution is -2.03. The van der Waals surface area contributed by atoms with Gasteiger partial charge in [-0.1, -0.05) is 11.6 Å². The normalized spacial score (nSPS) is 10.8. The predicted molar refractivity (Wildman–Crippen MR) is 89.4 cm³/mol. The molecule has 0 bridgehead atoms. The molecule has 2 aromatic rings. The molecule has 0 spiro atoms. The summed E-state index contributed by atoms with van der Waals surface area (Å²) in [6.45, 7) is 2.00. The molecule has 0 amide bonds. The Labute approximate surface area is 142 Å². The average Bonchev–Trinajstić information content (AvgIpc) is 2.55. The lowest BCUT2D eigenvalue weighted by atomic mass is 10.2. The number of carbonyl (C=O) groups is 1. The van der Waals surface area contributed by atoms with Crippen LogP contribution < -0.4 is 0 Å². The van der Waals surface area contributed by atoms with Crippen molar-refractivity contribution in [2.75, 3.05) is 6.61 Å². The van der Waals surface area contributed by atoms with Gasteiger partial charge in [0.25, 0.3) is 0 Å². The van der Waals surface area contributed by atoms with Gasteiger partial charge in [0.2, 0.25) is 5.75 Å². The van der Waals surface area contributed by atoms with E-state index >= 15 is 0 Å². The minimum absolute atomic E-state index is 0.110. The first-order valence-corrected chi connectivity index (χ1v) is 7.28. The molecule has 0 unspecified atom stereocenters. The van der Waals surface area contributed by atoms with Crippen molar-refractivity contribution >= 4 is 35.2 Å². The van der Waals surface area contributed by atoms with Gasteiger partial charge in [0.1, 0.15) is 0 Å². The number of phenolic OH excluding ortho intramolecular Hbond substituents is 1. The number of halogens is 1. The largest absolute Gasteiger partial charge is 0.502 e. The smallest absolute Gasteiger partial charge is 0.338 e. The first-order valence-electron chi connectivity index (χ1n) is 6.90. The van der Waals surface area contributed by atoms with E-state index in [2.05, 4.69) is 4.99 Å². The SMILES string of the molecule is CCOC(=O)c1ccc(N=Cc2cc(Cl)cc([N+](=O)[O-])c2O)cc1. The number of nitro benzene ring substituents is 1. The molecule has 0 saturated heterocycles. The number of rotatable bonds is 5. The van der Waals surface area contributed by atoms with E-state index in [0.29, 0.717) is 11.3 Å². The van der Waals surface area contributed by atoms with Crippen LogP contribution in [-0.4, -0.2) is 28.8 Å². The van der Waals surface area contributed by atoms with Crippen LogP contribution in [0.4, 0.5) is 11.4 Å². The number of phenols is 1. The summed E-state index contributed by atoms with van der Waals surface area (Å²) in [4.78, 5) is 25.8. The van der Waals surface area contributed by atoms with E-state index in [0.717, 1.165) is 6.07 Å². The van der Waals surface area contributed by atoms with E-state index in [1.165, 1.54) is 12.3 Å². The molecule has 2 aromatic carbocycles. The van der Waals surface area contributed by atoms with Gasteiger partial charge in [-0.3, -0.25) is 15.1 Å². The summed E-state index contributed by atoms with van der Waals surface area (Å²) in [5, 5.41) is 20.8. The molecule has 0 aromatic heterocycles. The van der Waals surface area contributed by atoms with Crippen LogP contribution in [-0.2, 0) is 4.74 Å². The van der Waals surface area contributed by atoms with Gasteiger partial charge in [-0.25, -0.2) is 4.79 Å². The molecule has 124 valence electrons. The topological polar surface area (TPSA) is 102 Å². The van der Waals surface area contributed by atoms with Gasteiger partial charge in [-0.2, -0.15) is 0 Å². The summed E-state index contributed by atoms with van der Waals surface area (Å²) >= 11 is 5.80. The molecule has 2 rings (SSSR count). The summed E-state index contributed by atoms with van der Waals surface area (Å²) in [6.07, 6.45) is 1.26. The van der Waals surface area contributed by atoms with Gasteiger partial charge in [-0.05, 0) is 37.3 Å². The molecule has 0 aliphatic carbocycles. The summed E-state index contributed by atoms with van der Waals surface area (Å²) in [6, 6.07) is 8.68. The third-order valence-corrected chi connectivity index (χ3v) is 3.23. The van der Waals surface area contributed by atoms with Crippen molar-refractivity contribution < 1.29 is 19.6 Å².